The SMILES string of the molecule is COC(=O)C1CC(N(Cc2ccccc2)Cc2ccccc2)C1.COC(=O)C1CC(N(Cc2ccccc2)Cc2ccccc2)C1. The van der Waals surface area contributed by atoms with E-state index in [0.29, 0.717) is 12.1 Å². The number of hydrogen-bond acceptors (Lipinski definition) is 6. The van der Waals surface area contributed by atoms with Gasteiger partial charge >= 0.3 is 11.9 Å². The number of methoxy groups -OCH3 is 2. The summed E-state index contributed by atoms with van der Waals surface area (Å²) < 4.78 is 9.72. The maximum absolute atomic E-state index is 11.6. The number of carbonyl (C=O) groups excluding carboxylic acids is 2. The molecular weight excluding hydrogens is 572 g/mol. The Morgan fingerprint density at radius 2 is 0.717 bits per heavy atom. The van der Waals surface area contributed by atoms with Crippen molar-refractivity contribution in [2.75, 3.05) is 14.2 Å². The molecular formula is C40H46N2O4. The van der Waals surface area contributed by atoms with Crippen LogP contribution in [0.4, 0.5) is 0 Å². The van der Waals surface area contributed by atoms with Crippen molar-refractivity contribution in [1.82, 2.24) is 9.80 Å². The van der Waals surface area contributed by atoms with Crippen molar-refractivity contribution in [2.45, 2.75) is 63.9 Å². The molecule has 2 aliphatic carbocycles. The van der Waals surface area contributed by atoms with Gasteiger partial charge in [0.15, 0.2) is 0 Å². The zero-order valence-electron chi connectivity index (χ0n) is 27.0. The summed E-state index contributed by atoms with van der Waals surface area (Å²) in [5.41, 5.74) is 5.24. The number of benzene rings is 4. The van der Waals surface area contributed by atoms with E-state index in [9.17, 15) is 9.59 Å². The summed E-state index contributed by atoms with van der Waals surface area (Å²) in [5, 5.41) is 0. The molecule has 0 atom stereocenters. The number of nitrogens with zero attached hydrogens (tertiary/aromatic N) is 2. The number of rotatable bonds is 12. The summed E-state index contributed by atoms with van der Waals surface area (Å²) in [6, 6.07) is 43.0. The summed E-state index contributed by atoms with van der Waals surface area (Å²) in [4.78, 5) is 28.2. The Balaban J connectivity index is 0.000000181. The first-order chi connectivity index (χ1) is 22.5. The Hall–Kier alpha value is -4.26. The van der Waals surface area contributed by atoms with Crippen molar-refractivity contribution < 1.29 is 19.1 Å². The van der Waals surface area contributed by atoms with Crippen LogP contribution in [0.1, 0.15) is 47.9 Å². The average Bonchev–Trinajstić information content (AvgIpc) is 3.05. The lowest BCUT2D eigenvalue weighted by Crippen LogP contribution is -2.46. The van der Waals surface area contributed by atoms with Crippen LogP contribution in [0.25, 0.3) is 0 Å². The first kappa shape index (κ1) is 33.1. The lowest BCUT2D eigenvalue weighted by molar-refractivity contribution is -0.151. The fourth-order valence-electron chi connectivity index (χ4n) is 6.39. The van der Waals surface area contributed by atoms with E-state index in [0.717, 1.165) is 51.9 Å². The lowest BCUT2D eigenvalue weighted by atomic mass is 9.79. The third-order valence-electron chi connectivity index (χ3n) is 9.24. The minimum atomic E-state index is -0.0689. The third kappa shape index (κ3) is 9.38. The Bertz CT molecular complexity index is 1270. The molecule has 6 heteroatoms. The molecule has 240 valence electrons. The fourth-order valence-corrected chi connectivity index (χ4v) is 6.39. The van der Waals surface area contributed by atoms with Crippen LogP contribution < -0.4 is 0 Å². The number of hydrogen-bond donors (Lipinski definition) is 0. The molecule has 0 aliphatic heterocycles. The van der Waals surface area contributed by atoms with Crippen molar-refractivity contribution in [3.8, 4) is 0 Å². The molecule has 0 heterocycles. The molecule has 0 spiro atoms. The molecule has 4 aromatic rings. The highest BCUT2D eigenvalue weighted by atomic mass is 16.5. The van der Waals surface area contributed by atoms with E-state index in [-0.39, 0.29) is 23.8 Å². The first-order valence-electron chi connectivity index (χ1n) is 16.3. The van der Waals surface area contributed by atoms with Crippen molar-refractivity contribution >= 4 is 11.9 Å². The van der Waals surface area contributed by atoms with Crippen LogP contribution in [0, 0.1) is 11.8 Å². The highest BCUT2D eigenvalue weighted by Gasteiger charge is 2.39. The highest BCUT2D eigenvalue weighted by Crippen LogP contribution is 2.35. The predicted octanol–water partition coefficient (Wildman–Crippen LogP) is 7.28. The molecule has 0 amide bonds. The molecule has 6 nitrogen and oxygen atoms in total. The largest absolute Gasteiger partial charge is 0.469 e. The van der Waals surface area contributed by atoms with Crippen molar-refractivity contribution in [2.24, 2.45) is 11.8 Å². The second-order valence-electron chi connectivity index (χ2n) is 12.4. The molecule has 4 aromatic carbocycles. The average molecular weight is 619 g/mol. The van der Waals surface area contributed by atoms with Crippen LogP contribution in [0.5, 0.6) is 0 Å². The summed E-state index contributed by atoms with van der Waals surface area (Å²) in [7, 11) is 2.95. The second-order valence-corrected chi connectivity index (χ2v) is 12.4. The van der Waals surface area contributed by atoms with Crippen LogP contribution in [0.2, 0.25) is 0 Å². The quantitative estimate of drug-likeness (QED) is 0.156. The van der Waals surface area contributed by atoms with E-state index in [2.05, 4.69) is 107 Å². The topological polar surface area (TPSA) is 59.1 Å². The van der Waals surface area contributed by atoms with E-state index >= 15 is 0 Å². The van der Waals surface area contributed by atoms with Gasteiger partial charge in [0.25, 0.3) is 0 Å². The zero-order valence-corrected chi connectivity index (χ0v) is 27.0. The Morgan fingerprint density at radius 3 is 0.935 bits per heavy atom. The molecule has 0 aromatic heterocycles. The third-order valence-corrected chi connectivity index (χ3v) is 9.24. The zero-order chi connectivity index (χ0) is 32.1. The van der Waals surface area contributed by atoms with Crippen LogP contribution >= 0.6 is 0 Å². The van der Waals surface area contributed by atoms with E-state index in [1.165, 1.54) is 36.5 Å². The van der Waals surface area contributed by atoms with Crippen molar-refractivity contribution in [3.05, 3.63) is 144 Å². The minimum absolute atomic E-state index is 0.0686. The molecule has 0 N–H and O–H groups in total. The Kier molecular flexibility index (Phi) is 12.2. The van der Waals surface area contributed by atoms with E-state index in [4.69, 9.17) is 9.47 Å². The first-order valence-corrected chi connectivity index (χ1v) is 16.3. The lowest BCUT2D eigenvalue weighted by Gasteiger charge is -2.41. The van der Waals surface area contributed by atoms with Gasteiger partial charge in [-0.25, -0.2) is 0 Å². The number of esters is 2. The Morgan fingerprint density at radius 1 is 0.478 bits per heavy atom. The fraction of sp³-hybridized carbons (Fsp3) is 0.350. The highest BCUT2D eigenvalue weighted by molar-refractivity contribution is 5.74. The summed E-state index contributed by atoms with van der Waals surface area (Å²) in [6.45, 7) is 3.64. The predicted molar refractivity (Wildman–Crippen MR) is 181 cm³/mol. The van der Waals surface area contributed by atoms with Crippen LogP contribution in [-0.2, 0) is 45.2 Å². The standard InChI is InChI=1S/2C20H23NO2/c2*1-23-20(22)18-12-19(13-18)21(14-16-8-4-2-5-9-16)15-17-10-6-3-7-11-17/h2*2-11,18-19H,12-15H2,1H3. The van der Waals surface area contributed by atoms with Gasteiger partial charge in [0.2, 0.25) is 0 Å². The van der Waals surface area contributed by atoms with Gasteiger partial charge in [-0.3, -0.25) is 19.4 Å². The monoisotopic (exact) mass is 618 g/mol. The van der Waals surface area contributed by atoms with Crippen LogP contribution in [-0.4, -0.2) is 48.0 Å². The normalized spacial score (nSPS) is 20.1. The van der Waals surface area contributed by atoms with Gasteiger partial charge in [-0.2, -0.15) is 0 Å². The van der Waals surface area contributed by atoms with Gasteiger partial charge in [-0.05, 0) is 47.9 Å². The van der Waals surface area contributed by atoms with Crippen LogP contribution in [0.15, 0.2) is 121 Å². The summed E-state index contributed by atoms with van der Waals surface area (Å²) >= 11 is 0. The molecule has 6 rings (SSSR count). The van der Waals surface area contributed by atoms with Gasteiger partial charge < -0.3 is 9.47 Å². The summed E-state index contributed by atoms with van der Waals surface area (Å²) in [5.74, 6) is -0.000613. The second kappa shape index (κ2) is 16.9. The smallest absolute Gasteiger partial charge is 0.308 e. The van der Waals surface area contributed by atoms with Crippen molar-refractivity contribution in [1.29, 1.82) is 0 Å². The number of ether oxygens (including phenoxy) is 2. The maximum atomic E-state index is 11.6. The number of carbonyl (C=O) groups is 2. The van der Waals surface area contributed by atoms with Gasteiger partial charge in [0.05, 0.1) is 26.1 Å². The van der Waals surface area contributed by atoms with Gasteiger partial charge in [0.1, 0.15) is 0 Å². The maximum Gasteiger partial charge on any atom is 0.308 e. The van der Waals surface area contributed by atoms with Gasteiger partial charge in [0, 0.05) is 38.3 Å². The van der Waals surface area contributed by atoms with Gasteiger partial charge in [-0.15, -0.1) is 0 Å². The molecule has 2 saturated carbocycles. The van der Waals surface area contributed by atoms with E-state index < -0.39 is 0 Å². The summed E-state index contributed by atoms with van der Waals surface area (Å²) in [6.07, 6.45) is 3.58. The molecule has 0 saturated heterocycles. The van der Waals surface area contributed by atoms with Gasteiger partial charge in [-0.1, -0.05) is 121 Å². The molecule has 0 bridgehead atoms. The van der Waals surface area contributed by atoms with Crippen LogP contribution in [0.3, 0.4) is 0 Å². The van der Waals surface area contributed by atoms with Crippen molar-refractivity contribution in [3.63, 3.8) is 0 Å². The molecule has 2 fully saturated rings. The molecule has 46 heavy (non-hydrogen) atoms. The molecule has 0 radical (unpaired) electrons. The molecule has 0 unspecified atom stereocenters. The minimum Gasteiger partial charge on any atom is -0.469 e. The van der Waals surface area contributed by atoms with E-state index in [1.807, 2.05) is 24.3 Å². The Labute approximate surface area is 274 Å². The van der Waals surface area contributed by atoms with E-state index in [1.54, 1.807) is 0 Å². The molecule has 2 aliphatic rings.